The molecular formula is C13H18N2O5S. The quantitative estimate of drug-likeness (QED) is 0.849. The molecular weight excluding hydrogens is 296 g/mol. The minimum atomic E-state index is -3.17. The normalized spacial score (nSPS) is 27.3. The number of fused-ring (bicyclic) bond motifs is 1. The minimum absolute atomic E-state index is 0.0665. The molecule has 0 aromatic carbocycles. The van der Waals surface area contributed by atoms with Crippen molar-refractivity contribution in [2.45, 2.75) is 37.8 Å². The number of ether oxygens (including phenoxy) is 1. The largest absolute Gasteiger partial charge is 0.378 e. The predicted molar refractivity (Wildman–Crippen MR) is 73.9 cm³/mol. The van der Waals surface area contributed by atoms with Crippen molar-refractivity contribution in [2.24, 2.45) is 0 Å². The van der Waals surface area contributed by atoms with Gasteiger partial charge < -0.3 is 14.6 Å². The van der Waals surface area contributed by atoms with E-state index in [0.29, 0.717) is 0 Å². The molecule has 0 spiro atoms. The predicted octanol–water partition coefficient (Wildman–Crippen LogP) is 0.0952. The molecule has 1 aromatic rings. The van der Waals surface area contributed by atoms with Crippen molar-refractivity contribution < 1.29 is 22.5 Å². The molecule has 1 fully saturated rings. The van der Waals surface area contributed by atoms with Crippen molar-refractivity contribution in [1.82, 2.24) is 10.5 Å². The molecule has 1 amide bonds. The number of amides is 1. The first-order valence-electron chi connectivity index (χ1n) is 7.01. The van der Waals surface area contributed by atoms with E-state index in [9.17, 15) is 13.2 Å². The number of aromatic nitrogens is 1. The van der Waals surface area contributed by atoms with Crippen molar-refractivity contribution >= 4 is 15.7 Å². The maximum atomic E-state index is 12.3. The molecule has 8 heteroatoms. The third-order valence-corrected chi connectivity index (χ3v) is 5.79. The summed E-state index contributed by atoms with van der Waals surface area (Å²) >= 11 is 0. The maximum Gasteiger partial charge on any atom is 0.290 e. The molecule has 1 aliphatic carbocycles. The lowest BCUT2D eigenvalue weighted by atomic mass is 9.96. The topological polar surface area (TPSA) is 98.5 Å². The summed E-state index contributed by atoms with van der Waals surface area (Å²) in [5.41, 5.74) is 1.70. The second-order valence-electron chi connectivity index (χ2n) is 5.58. The number of rotatable bonds is 3. The summed E-state index contributed by atoms with van der Waals surface area (Å²) in [5.74, 6) is -0.366. The number of hydrogen-bond acceptors (Lipinski definition) is 6. The molecule has 116 valence electrons. The number of aryl methyl sites for hydroxylation is 1. The summed E-state index contributed by atoms with van der Waals surface area (Å²) in [6, 6.07) is -0.545. The van der Waals surface area contributed by atoms with Crippen molar-refractivity contribution in [2.75, 3.05) is 18.6 Å². The van der Waals surface area contributed by atoms with Crippen molar-refractivity contribution in [3.63, 3.8) is 0 Å². The fraction of sp³-hybridized carbons (Fsp3) is 0.692. The zero-order valence-corrected chi connectivity index (χ0v) is 12.6. The molecule has 0 bridgehead atoms. The number of hydrogen-bond donors (Lipinski definition) is 1. The number of nitrogens with one attached hydrogen (secondary N) is 1. The van der Waals surface area contributed by atoms with Crippen LogP contribution in [0.15, 0.2) is 4.52 Å². The Labute approximate surface area is 122 Å². The van der Waals surface area contributed by atoms with Crippen molar-refractivity contribution in [1.29, 1.82) is 0 Å². The van der Waals surface area contributed by atoms with Gasteiger partial charge in [0, 0.05) is 12.7 Å². The highest BCUT2D eigenvalue weighted by molar-refractivity contribution is 7.91. The lowest BCUT2D eigenvalue weighted by Crippen LogP contribution is -2.43. The van der Waals surface area contributed by atoms with Crippen LogP contribution < -0.4 is 5.32 Å². The Morgan fingerprint density at radius 2 is 2.10 bits per heavy atom. The van der Waals surface area contributed by atoms with Crippen LogP contribution in [-0.4, -0.2) is 50.2 Å². The van der Waals surface area contributed by atoms with E-state index in [1.807, 2.05) is 0 Å². The van der Waals surface area contributed by atoms with E-state index in [1.165, 1.54) is 7.11 Å². The molecule has 21 heavy (non-hydrogen) atoms. The van der Waals surface area contributed by atoms with Gasteiger partial charge in [0.2, 0.25) is 5.76 Å². The van der Waals surface area contributed by atoms with E-state index in [0.717, 1.165) is 36.9 Å². The first kappa shape index (κ1) is 14.5. The highest BCUT2D eigenvalue weighted by atomic mass is 32.2. The van der Waals surface area contributed by atoms with E-state index in [2.05, 4.69) is 10.5 Å². The summed E-state index contributed by atoms with van der Waals surface area (Å²) in [6.45, 7) is 0. The first-order chi connectivity index (χ1) is 10.00. The van der Waals surface area contributed by atoms with E-state index in [4.69, 9.17) is 9.26 Å². The van der Waals surface area contributed by atoms with Crippen LogP contribution in [0.25, 0.3) is 0 Å². The summed E-state index contributed by atoms with van der Waals surface area (Å²) < 4.78 is 33.6. The van der Waals surface area contributed by atoms with Crippen LogP contribution in [0.2, 0.25) is 0 Å². The number of carbonyl (C=O) groups excluding carboxylic acids is 1. The second kappa shape index (κ2) is 5.42. The molecule has 2 aliphatic rings. The van der Waals surface area contributed by atoms with Gasteiger partial charge in [-0.3, -0.25) is 4.79 Å². The van der Waals surface area contributed by atoms with Gasteiger partial charge >= 0.3 is 0 Å². The third-order valence-electron chi connectivity index (χ3n) is 4.09. The van der Waals surface area contributed by atoms with Crippen LogP contribution in [0.1, 0.15) is 34.7 Å². The molecule has 0 radical (unpaired) electrons. The minimum Gasteiger partial charge on any atom is -0.378 e. The SMILES string of the molecule is COC1CS(=O)(=O)CC1NC(=O)c1onc2c1CCCC2. The van der Waals surface area contributed by atoms with Gasteiger partial charge in [-0.05, 0) is 25.7 Å². The van der Waals surface area contributed by atoms with Gasteiger partial charge in [-0.25, -0.2) is 8.42 Å². The van der Waals surface area contributed by atoms with Gasteiger partial charge in [-0.1, -0.05) is 5.16 Å². The fourth-order valence-corrected chi connectivity index (χ4v) is 4.84. The number of nitrogens with zero attached hydrogens (tertiary/aromatic N) is 1. The van der Waals surface area contributed by atoms with Crippen LogP contribution in [0.4, 0.5) is 0 Å². The van der Waals surface area contributed by atoms with Crippen LogP contribution >= 0.6 is 0 Å². The maximum absolute atomic E-state index is 12.3. The Kier molecular flexibility index (Phi) is 3.75. The smallest absolute Gasteiger partial charge is 0.290 e. The molecule has 1 N–H and O–H groups in total. The summed E-state index contributed by atoms with van der Waals surface area (Å²) in [7, 11) is -1.73. The second-order valence-corrected chi connectivity index (χ2v) is 7.73. The molecule has 1 saturated heterocycles. The summed E-state index contributed by atoms with van der Waals surface area (Å²) in [4.78, 5) is 12.3. The number of sulfone groups is 1. The average molecular weight is 314 g/mol. The molecule has 0 saturated carbocycles. The van der Waals surface area contributed by atoms with E-state index in [-0.39, 0.29) is 17.3 Å². The Morgan fingerprint density at radius 1 is 1.33 bits per heavy atom. The average Bonchev–Trinajstić information content (AvgIpc) is 2.99. The molecule has 2 unspecified atom stereocenters. The first-order valence-corrected chi connectivity index (χ1v) is 8.84. The van der Waals surface area contributed by atoms with E-state index < -0.39 is 27.9 Å². The Balaban J connectivity index is 1.76. The van der Waals surface area contributed by atoms with Gasteiger partial charge in [0.15, 0.2) is 9.84 Å². The van der Waals surface area contributed by atoms with Gasteiger partial charge in [-0.2, -0.15) is 0 Å². The number of methoxy groups -OCH3 is 1. The standard InChI is InChI=1S/C13H18N2O5S/c1-19-11-7-21(17,18)6-10(11)14-13(16)12-8-4-2-3-5-9(8)15-20-12/h10-11H,2-7H2,1H3,(H,14,16). The van der Waals surface area contributed by atoms with E-state index in [1.54, 1.807) is 0 Å². The molecule has 2 atom stereocenters. The van der Waals surface area contributed by atoms with Gasteiger partial charge in [0.25, 0.3) is 5.91 Å². The highest BCUT2D eigenvalue weighted by Crippen LogP contribution is 2.24. The monoisotopic (exact) mass is 314 g/mol. The lowest BCUT2D eigenvalue weighted by molar-refractivity contribution is 0.0758. The lowest BCUT2D eigenvalue weighted by Gasteiger charge is -2.17. The van der Waals surface area contributed by atoms with Gasteiger partial charge in [0.1, 0.15) is 0 Å². The fourth-order valence-electron chi connectivity index (χ4n) is 2.99. The third kappa shape index (κ3) is 2.82. The highest BCUT2D eigenvalue weighted by Gasteiger charge is 2.39. The van der Waals surface area contributed by atoms with E-state index >= 15 is 0 Å². The zero-order chi connectivity index (χ0) is 15.0. The van der Waals surface area contributed by atoms with Crippen molar-refractivity contribution in [3.8, 4) is 0 Å². The molecule has 2 heterocycles. The van der Waals surface area contributed by atoms with Crippen LogP contribution in [0, 0.1) is 0 Å². The molecule has 1 aromatic heterocycles. The van der Waals surface area contributed by atoms with Crippen molar-refractivity contribution in [3.05, 3.63) is 17.0 Å². The summed E-state index contributed by atoms with van der Waals surface area (Å²) in [5, 5.41) is 6.65. The number of carbonyl (C=O) groups is 1. The van der Waals surface area contributed by atoms with Crippen LogP contribution in [0.5, 0.6) is 0 Å². The summed E-state index contributed by atoms with van der Waals surface area (Å²) in [6.07, 6.45) is 3.14. The molecule has 7 nitrogen and oxygen atoms in total. The Bertz CT molecular complexity index is 652. The molecule has 1 aliphatic heterocycles. The zero-order valence-electron chi connectivity index (χ0n) is 11.8. The molecule has 3 rings (SSSR count). The van der Waals surface area contributed by atoms with Gasteiger partial charge in [-0.15, -0.1) is 0 Å². The Morgan fingerprint density at radius 3 is 2.86 bits per heavy atom. The van der Waals surface area contributed by atoms with Crippen LogP contribution in [0.3, 0.4) is 0 Å². The van der Waals surface area contributed by atoms with Gasteiger partial charge in [0.05, 0.1) is 29.3 Å². The van der Waals surface area contributed by atoms with Crippen LogP contribution in [-0.2, 0) is 27.4 Å². The Hall–Kier alpha value is -1.41.